The van der Waals surface area contributed by atoms with Crippen LogP contribution in [0.5, 0.6) is 0 Å². The minimum atomic E-state index is -1.87. The molecule has 1 aliphatic heterocycles. The molecule has 2 heterocycles. The van der Waals surface area contributed by atoms with Gasteiger partial charge >= 0.3 is 0 Å². The van der Waals surface area contributed by atoms with Crippen LogP contribution in [0.2, 0.25) is 13.1 Å². The number of para-hydroxylation sites is 1. The van der Waals surface area contributed by atoms with Crippen molar-refractivity contribution < 1.29 is 0 Å². The first-order chi connectivity index (χ1) is 30.0. The van der Waals surface area contributed by atoms with E-state index in [-0.39, 0.29) is 0 Å². The van der Waals surface area contributed by atoms with Crippen LogP contribution in [0.25, 0.3) is 110 Å². The Bertz CT molecular complexity index is 3490. The zero-order valence-corrected chi connectivity index (χ0v) is 35.2. The number of hydrogen-bond donors (Lipinski definition) is 0. The third-order valence-electron chi connectivity index (χ3n) is 13.3. The Balaban J connectivity index is 1.02. The van der Waals surface area contributed by atoms with Crippen LogP contribution < -0.4 is 10.4 Å². The lowest BCUT2D eigenvalue weighted by Crippen LogP contribution is -2.49. The number of rotatable bonds is 5. The first-order valence-corrected chi connectivity index (χ1v) is 24.3. The Morgan fingerprint density at radius 3 is 1.57 bits per heavy atom. The Hall–Kier alpha value is -7.39. The van der Waals surface area contributed by atoms with Crippen molar-refractivity contribution in [2.24, 2.45) is 0 Å². The van der Waals surface area contributed by atoms with Gasteiger partial charge in [0.05, 0.1) is 11.2 Å². The molecule has 0 bridgehead atoms. The van der Waals surface area contributed by atoms with Crippen LogP contribution >= 0.6 is 0 Å². The van der Waals surface area contributed by atoms with Gasteiger partial charge in [-0.3, -0.25) is 0 Å². The lowest BCUT2D eigenvalue weighted by Gasteiger charge is -2.20. The van der Waals surface area contributed by atoms with E-state index in [0.29, 0.717) is 0 Å². The molecule has 0 N–H and O–H groups in total. The molecule has 1 aromatic heterocycles. The summed E-state index contributed by atoms with van der Waals surface area (Å²) in [7, 11) is -1.87. The van der Waals surface area contributed by atoms with E-state index in [0.717, 1.165) is 27.7 Å². The van der Waals surface area contributed by atoms with Gasteiger partial charge in [-0.25, -0.2) is 4.98 Å². The highest BCUT2D eigenvalue weighted by Gasteiger charge is 2.37. The average Bonchev–Trinajstić information content (AvgIpc) is 3.55. The monoisotopic (exact) mass is 791 g/mol. The molecule has 0 amide bonds. The molecular weight excluding hydrogens is 751 g/mol. The van der Waals surface area contributed by atoms with Crippen molar-refractivity contribution in [3.63, 3.8) is 0 Å². The lowest BCUT2D eigenvalue weighted by molar-refractivity contribution is 1.40. The van der Waals surface area contributed by atoms with Crippen molar-refractivity contribution >= 4 is 61.7 Å². The van der Waals surface area contributed by atoms with E-state index < -0.39 is 8.07 Å². The first kappa shape index (κ1) is 35.5. The van der Waals surface area contributed by atoms with Crippen LogP contribution in [0.1, 0.15) is 0 Å². The van der Waals surface area contributed by atoms with Crippen molar-refractivity contribution in [3.05, 3.63) is 212 Å². The Kier molecular flexibility index (Phi) is 8.07. The van der Waals surface area contributed by atoms with E-state index in [1.165, 1.54) is 92.8 Å². The summed E-state index contributed by atoms with van der Waals surface area (Å²) in [6.45, 7) is 4.97. The standard InChI is InChI=1S/C59H41NSi/c1-61(2)55-26-13-12-19-46(55)47-34-33-43(36-56(47)61)54-37-53(39-16-4-3-5-17-39)52-25-14-24-45(59(52)60-54)40-28-30-41(31-29-40)57-48-20-8-10-22-50(48)58(51-23-11-9-21-49(51)57)44-32-27-38-15-6-7-18-42(38)35-44/h3-37H,1-2H3. The molecule has 10 aromatic carbocycles. The third kappa shape index (κ3) is 5.64. The summed E-state index contributed by atoms with van der Waals surface area (Å²) < 4.78 is 0. The fourth-order valence-corrected chi connectivity index (χ4v) is 13.4. The molecule has 0 saturated carbocycles. The molecule has 0 radical (unpaired) electrons. The number of benzene rings is 10. The lowest BCUT2D eigenvalue weighted by atomic mass is 9.85. The number of pyridine rings is 1. The molecule has 0 fully saturated rings. The molecule has 0 spiro atoms. The maximum atomic E-state index is 5.57. The van der Waals surface area contributed by atoms with Crippen molar-refractivity contribution in [2.45, 2.75) is 13.1 Å². The van der Waals surface area contributed by atoms with E-state index in [9.17, 15) is 0 Å². The van der Waals surface area contributed by atoms with Crippen LogP contribution in [-0.4, -0.2) is 13.1 Å². The molecular formula is C59H41NSi. The molecule has 12 rings (SSSR count). The smallest absolute Gasteiger partial charge is 0.113 e. The largest absolute Gasteiger partial charge is 0.247 e. The van der Waals surface area contributed by atoms with E-state index in [2.05, 4.69) is 225 Å². The second kappa shape index (κ2) is 13.8. The first-order valence-electron chi connectivity index (χ1n) is 21.3. The zero-order chi connectivity index (χ0) is 40.7. The average molecular weight is 792 g/mol. The zero-order valence-electron chi connectivity index (χ0n) is 34.2. The molecule has 0 aliphatic carbocycles. The molecule has 286 valence electrons. The van der Waals surface area contributed by atoms with E-state index in [1.54, 1.807) is 0 Å². The normalized spacial score (nSPS) is 12.9. The predicted molar refractivity (Wildman–Crippen MR) is 264 cm³/mol. The van der Waals surface area contributed by atoms with Crippen molar-refractivity contribution in [2.75, 3.05) is 0 Å². The Labute approximate surface area is 357 Å². The number of hydrogen-bond acceptors (Lipinski definition) is 1. The molecule has 11 aromatic rings. The van der Waals surface area contributed by atoms with Gasteiger partial charge in [0.1, 0.15) is 8.07 Å². The molecule has 1 nitrogen and oxygen atoms in total. The minimum Gasteiger partial charge on any atom is -0.247 e. The maximum absolute atomic E-state index is 5.57. The number of nitrogens with zero attached hydrogens (tertiary/aromatic N) is 1. The summed E-state index contributed by atoms with van der Waals surface area (Å²) in [4.78, 5) is 5.57. The molecule has 1 aliphatic rings. The predicted octanol–water partition coefficient (Wildman–Crippen LogP) is 14.8. The molecule has 0 saturated heterocycles. The third-order valence-corrected chi connectivity index (χ3v) is 16.8. The van der Waals surface area contributed by atoms with Gasteiger partial charge in [-0.05, 0) is 105 Å². The number of fused-ring (bicyclic) bond motifs is 7. The van der Waals surface area contributed by atoms with Gasteiger partial charge in [-0.15, -0.1) is 0 Å². The second-order valence-corrected chi connectivity index (χ2v) is 21.4. The highest BCUT2D eigenvalue weighted by atomic mass is 28.3. The second-order valence-electron chi connectivity index (χ2n) is 17.0. The van der Waals surface area contributed by atoms with E-state index in [4.69, 9.17) is 4.98 Å². The van der Waals surface area contributed by atoms with E-state index >= 15 is 0 Å². The molecule has 2 heteroatoms. The summed E-state index contributed by atoms with van der Waals surface area (Å²) in [5, 5.41) is 11.7. The quantitative estimate of drug-likeness (QED) is 0.125. The van der Waals surface area contributed by atoms with E-state index in [1.807, 2.05) is 0 Å². The molecule has 61 heavy (non-hydrogen) atoms. The topological polar surface area (TPSA) is 12.9 Å². The van der Waals surface area contributed by atoms with Gasteiger partial charge in [-0.1, -0.05) is 213 Å². The molecule has 0 unspecified atom stereocenters. The summed E-state index contributed by atoms with van der Waals surface area (Å²) in [5.74, 6) is 0. The molecule has 0 atom stereocenters. The van der Waals surface area contributed by atoms with Crippen molar-refractivity contribution in [1.29, 1.82) is 0 Å². The summed E-state index contributed by atoms with van der Waals surface area (Å²) in [5.41, 5.74) is 15.6. The fraction of sp³-hybridized carbons (Fsp3) is 0.0339. The number of aromatic nitrogens is 1. The van der Waals surface area contributed by atoms with Crippen molar-refractivity contribution in [1.82, 2.24) is 4.98 Å². The van der Waals surface area contributed by atoms with Crippen LogP contribution in [-0.2, 0) is 0 Å². The van der Waals surface area contributed by atoms with Crippen LogP contribution in [0, 0.1) is 0 Å². The van der Waals surface area contributed by atoms with Crippen LogP contribution in [0.15, 0.2) is 212 Å². The minimum absolute atomic E-state index is 1.00. The summed E-state index contributed by atoms with van der Waals surface area (Å²) in [6.07, 6.45) is 0. The van der Waals surface area contributed by atoms with Gasteiger partial charge in [0.15, 0.2) is 0 Å². The van der Waals surface area contributed by atoms with Gasteiger partial charge in [-0.2, -0.15) is 0 Å². The SMILES string of the molecule is C[Si]1(C)c2ccccc2-c2ccc(-c3cc(-c4ccccc4)c4cccc(-c5ccc(-c6c7ccccc7c(-c7ccc8ccccc8c7)c7ccccc67)cc5)c4n3)cc21. The Morgan fingerprint density at radius 1 is 0.311 bits per heavy atom. The van der Waals surface area contributed by atoms with Crippen LogP contribution in [0.3, 0.4) is 0 Å². The van der Waals surface area contributed by atoms with Gasteiger partial charge in [0.25, 0.3) is 0 Å². The van der Waals surface area contributed by atoms with Crippen molar-refractivity contribution in [3.8, 4) is 66.9 Å². The van der Waals surface area contributed by atoms with Crippen LogP contribution in [0.4, 0.5) is 0 Å². The summed E-state index contributed by atoms with van der Waals surface area (Å²) >= 11 is 0. The highest BCUT2D eigenvalue weighted by Crippen LogP contribution is 2.45. The van der Waals surface area contributed by atoms with Gasteiger partial charge < -0.3 is 0 Å². The summed E-state index contributed by atoms with van der Waals surface area (Å²) in [6, 6.07) is 78.4. The van der Waals surface area contributed by atoms with Gasteiger partial charge in [0, 0.05) is 16.5 Å². The highest BCUT2D eigenvalue weighted by molar-refractivity contribution is 7.03. The maximum Gasteiger partial charge on any atom is 0.113 e. The Morgan fingerprint density at radius 2 is 0.836 bits per heavy atom. The van der Waals surface area contributed by atoms with Gasteiger partial charge in [0.2, 0.25) is 0 Å². The fourth-order valence-electron chi connectivity index (χ4n) is 10.3.